The molecule has 4 heteroatoms. The molecule has 2 N–H and O–H groups in total. The lowest BCUT2D eigenvalue weighted by Crippen LogP contribution is -2.06. The van der Waals surface area contributed by atoms with Crippen molar-refractivity contribution in [2.75, 3.05) is 10.6 Å². The van der Waals surface area contributed by atoms with Crippen LogP contribution in [-0.2, 0) is 9.59 Å². The molecule has 4 nitrogen and oxygen atoms in total. The summed E-state index contributed by atoms with van der Waals surface area (Å²) in [6, 6.07) is 15.2. The zero-order valence-corrected chi connectivity index (χ0v) is 20.0. The van der Waals surface area contributed by atoms with Crippen LogP contribution < -0.4 is 10.6 Å². The van der Waals surface area contributed by atoms with Crippen molar-refractivity contribution in [3.05, 3.63) is 85.0 Å². The summed E-state index contributed by atoms with van der Waals surface area (Å²) in [6.07, 6.45) is 2.50. The highest BCUT2D eigenvalue weighted by molar-refractivity contribution is 5.99. The van der Waals surface area contributed by atoms with E-state index in [1.807, 2.05) is 104 Å². The van der Waals surface area contributed by atoms with Gasteiger partial charge < -0.3 is 10.6 Å². The van der Waals surface area contributed by atoms with E-state index in [0.717, 1.165) is 16.9 Å². The molecule has 2 rings (SSSR count). The predicted octanol–water partition coefficient (Wildman–Crippen LogP) is 7.32. The topological polar surface area (TPSA) is 58.2 Å². The van der Waals surface area contributed by atoms with E-state index in [-0.39, 0.29) is 11.8 Å². The quantitative estimate of drug-likeness (QED) is 0.517. The summed E-state index contributed by atoms with van der Waals surface area (Å²) in [5, 5.41) is 5.34. The van der Waals surface area contributed by atoms with Gasteiger partial charge in [-0.05, 0) is 55.8 Å². The van der Waals surface area contributed by atoms with Crippen LogP contribution in [0.2, 0.25) is 0 Å². The van der Waals surface area contributed by atoms with Crippen LogP contribution >= 0.6 is 0 Å². The minimum Gasteiger partial charge on any atom is -0.323 e. The fraction of sp³-hybridized carbons (Fsp3) is 0.308. The minimum absolute atomic E-state index is 0.180. The molecular formula is C26H40N2O2. The summed E-state index contributed by atoms with van der Waals surface area (Å²) in [4.78, 5) is 21.7. The van der Waals surface area contributed by atoms with Gasteiger partial charge in [-0.25, -0.2) is 0 Å². The van der Waals surface area contributed by atoms with E-state index in [4.69, 9.17) is 0 Å². The average molecular weight is 413 g/mol. The summed E-state index contributed by atoms with van der Waals surface area (Å²) in [6.45, 7) is 22.7. The fourth-order valence-corrected chi connectivity index (χ4v) is 1.75. The molecule has 0 atom stereocenters. The molecule has 2 aromatic rings. The van der Waals surface area contributed by atoms with Gasteiger partial charge in [-0.3, -0.25) is 9.59 Å². The lowest BCUT2D eigenvalue weighted by atomic mass is 10.2. The lowest BCUT2D eigenvalue weighted by Gasteiger charge is -2.01. The van der Waals surface area contributed by atoms with Gasteiger partial charge >= 0.3 is 0 Å². The first-order chi connectivity index (χ1) is 14.4. The van der Waals surface area contributed by atoms with Crippen molar-refractivity contribution in [2.24, 2.45) is 0 Å². The molecule has 0 spiro atoms. The maximum atomic E-state index is 10.9. The Balaban J connectivity index is -0.000000389. The standard InChI is InChI=1S/2C10H11NO.3C2H6/c1-3-10(12)11-9-6-4-8(2)5-7-9;1-3-10(12)11-9-6-4-5-8(2)7-9;3*1-2/h2*3-7H,1H2,2H3,(H,11,12);3*1-2H3. The first-order valence-corrected chi connectivity index (χ1v) is 10.4. The summed E-state index contributed by atoms with van der Waals surface area (Å²) < 4.78 is 0. The molecule has 2 amide bonds. The molecule has 0 heterocycles. The van der Waals surface area contributed by atoms with Crippen molar-refractivity contribution >= 4 is 23.2 Å². The molecule has 0 fully saturated rings. The predicted molar refractivity (Wildman–Crippen MR) is 134 cm³/mol. The van der Waals surface area contributed by atoms with Gasteiger partial charge in [-0.15, -0.1) is 0 Å². The van der Waals surface area contributed by atoms with Crippen LogP contribution in [0.3, 0.4) is 0 Å². The maximum absolute atomic E-state index is 10.9. The first-order valence-electron chi connectivity index (χ1n) is 10.4. The SMILES string of the molecule is C=CC(=O)Nc1ccc(C)cc1.C=CC(=O)Nc1cccc(C)c1.CC.CC.CC. The first kappa shape index (κ1) is 31.6. The van der Waals surface area contributed by atoms with E-state index in [2.05, 4.69) is 23.8 Å². The van der Waals surface area contributed by atoms with Gasteiger partial charge in [0.1, 0.15) is 0 Å². The minimum atomic E-state index is -0.182. The molecule has 0 saturated carbocycles. The molecule has 0 bridgehead atoms. The van der Waals surface area contributed by atoms with E-state index in [0.29, 0.717) is 0 Å². The second-order valence-electron chi connectivity index (χ2n) is 5.12. The summed E-state index contributed by atoms with van der Waals surface area (Å²) in [7, 11) is 0. The number of hydrogen-bond acceptors (Lipinski definition) is 2. The molecule has 166 valence electrons. The van der Waals surface area contributed by atoms with Crippen molar-refractivity contribution < 1.29 is 9.59 Å². The number of aryl methyl sites for hydroxylation is 2. The highest BCUT2D eigenvalue weighted by Gasteiger charge is 1.95. The molecular weight excluding hydrogens is 372 g/mol. The molecule has 0 unspecified atom stereocenters. The lowest BCUT2D eigenvalue weighted by molar-refractivity contribution is -0.112. The fourth-order valence-electron chi connectivity index (χ4n) is 1.75. The third kappa shape index (κ3) is 17.0. The highest BCUT2D eigenvalue weighted by Crippen LogP contribution is 2.09. The van der Waals surface area contributed by atoms with Crippen LogP contribution in [0.15, 0.2) is 73.8 Å². The molecule has 0 aliphatic carbocycles. The van der Waals surface area contributed by atoms with E-state index in [1.165, 1.54) is 17.7 Å². The van der Waals surface area contributed by atoms with Crippen LogP contribution in [0.1, 0.15) is 52.7 Å². The number of carbonyl (C=O) groups excluding carboxylic acids is 2. The Kier molecular flexibility index (Phi) is 23.3. The molecule has 0 aliphatic rings. The molecule has 30 heavy (non-hydrogen) atoms. The molecule has 0 saturated heterocycles. The third-order valence-electron chi connectivity index (χ3n) is 2.98. The van der Waals surface area contributed by atoms with Crippen molar-refractivity contribution in [2.45, 2.75) is 55.4 Å². The Bertz CT molecular complexity index is 720. The van der Waals surface area contributed by atoms with Gasteiger partial charge in [0.25, 0.3) is 0 Å². The van der Waals surface area contributed by atoms with Gasteiger partial charge in [-0.2, -0.15) is 0 Å². The summed E-state index contributed by atoms with van der Waals surface area (Å²) in [5.74, 6) is -0.362. The molecule has 0 radical (unpaired) electrons. The average Bonchev–Trinajstić information content (AvgIpc) is 2.79. The van der Waals surface area contributed by atoms with Crippen molar-refractivity contribution in [1.29, 1.82) is 0 Å². The molecule has 2 aromatic carbocycles. The Labute approximate surface area is 184 Å². The molecule has 0 aromatic heterocycles. The van der Waals surface area contributed by atoms with E-state index in [9.17, 15) is 9.59 Å². The highest BCUT2D eigenvalue weighted by atomic mass is 16.2. The van der Waals surface area contributed by atoms with Gasteiger partial charge in [-0.1, -0.05) is 84.5 Å². The van der Waals surface area contributed by atoms with Gasteiger partial charge in [0.2, 0.25) is 11.8 Å². The van der Waals surface area contributed by atoms with Crippen LogP contribution in [0.4, 0.5) is 11.4 Å². The number of carbonyl (C=O) groups is 2. The second kappa shape index (κ2) is 22.2. The van der Waals surface area contributed by atoms with Crippen molar-refractivity contribution in [1.82, 2.24) is 0 Å². The van der Waals surface area contributed by atoms with Gasteiger partial charge in [0.15, 0.2) is 0 Å². The number of anilines is 2. The zero-order valence-electron chi connectivity index (χ0n) is 20.0. The summed E-state index contributed by atoms with van der Waals surface area (Å²) >= 11 is 0. The second-order valence-corrected chi connectivity index (χ2v) is 5.12. The van der Waals surface area contributed by atoms with Crippen LogP contribution in [0, 0.1) is 13.8 Å². The van der Waals surface area contributed by atoms with Crippen molar-refractivity contribution in [3.63, 3.8) is 0 Å². The van der Waals surface area contributed by atoms with E-state index >= 15 is 0 Å². The summed E-state index contributed by atoms with van der Waals surface area (Å²) in [5.41, 5.74) is 3.90. The Morgan fingerprint density at radius 1 is 0.667 bits per heavy atom. The maximum Gasteiger partial charge on any atom is 0.247 e. The van der Waals surface area contributed by atoms with Gasteiger partial charge in [0.05, 0.1) is 0 Å². The van der Waals surface area contributed by atoms with Crippen LogP contribution in [0.5, 0.6) is 0 Å². The normalized spacial score (nSPS) is 7.87. The number of hydrogen-bond donors (Lipinski definition) is 2. The Morgan fingerprint density at radius 2 is 1.10 bits per heavy atom. The molecule has 0 aliphatic heterocycles. The van der Waals surface area contributed by atoms with E-state index in [1.54, 1.807) is 0 Å². The number of amides is 2. The largest absolute Gasteiger partial charge is 0.323 e. The van der Waals surface area contributed by atoms with Crippen molar-refractivity contribution in [3.8, 4) is 0 Å². The van der Waals surface area contributed by atoms with Crippen LogP contribution in [-0.4, -0.2) is 11.8 Å². The monoisotopic (exact) mass is 412 g/mol. The Hall–Kier alpha value is -3.14. The number of nitrogens with one attached hydrogen (secondary N) is 2. The smallest absolute Gasteiger partial charge is 0.247 e. The van der Waals surface area contributed by atoms with Crippen LogP contribution in [0.25, 0.3) is 0 Å². The Morgan fingerprint density at radius 3 is 1.50 bits per heavy atom. The zero-order chi connectivity index (χ0) is 23.9. The third-order valence-corrected chi connectivity index (χ3v) is 2.98. The van der Waals surface area contributed by atoms with E-state index < -0.39 is 0 Å². The van der Waals surface area contributed by atoms with Gasteiger partial charge in [0, 0.05) is 11.4 Å². The number of rotatable bonds is 4. The number of benzene rings is 2.